The molecule has 1 aliphatic rings. The Morgan fingerprint density at radius 2 is 2.39 bits per heavy atom. The Morgan fingerprint density at radius 1 is 1.61 bits per heavy atom. The third kappa shape index (κ3) is 2.94. The molecule has 1 amide bonds. The molecule has 18 heavy (non-hydrogen) atoms. The first-order chi connectivity index (χ1) is 8.58. The van der Waals surface area contributed by atoms with Gasteiger partial charge in [0.15, 0.2) is 0 Å². The number of ether oxygens (including phenoxy) is 1. The Morgan fingerprint density at radius 3 is 3.06 bits per heavy atom. The van der Waals surface area contributed by atoms with Crippen LogP contribution in [0.4, 0.5) is 5.69 Å². The molecule has 1 aromatic carbocycles. The first-order valence-corrected chi connectivity index (χ1v) is 6.39. The van der Waals surface area contributed by atoms with E-state index >= 15 is 0 Å². The van der Waals surface area contributed by atoms with E-state index in [1.165, 1.54) is 0 Å². The van der Waals surface area contributed by atoms with Gasteiger partial charge in [0, 0.05) is 29.3 Å². The first-order valence-electron chi connectivity index (χ1n) is 6.01. The normalized spacial score (nSPS) is 20.7. The van der Waals surface area contributed by atoms with Crippen molar-refractivity contribution in [2.75, 3.05) is 18.9 Å². The second-order valence-electron chi connectivity index (χ2n) is 4.62. The van der Waals surface area contributed by atoms with Gasteiger partial charge >= 0.3 is 0 Å². The van der Waals surface area contributed by atoms with Crippen molar-refractivity contribution in [1.82, 2.24) is 5.32 Å². The van der Waals surface area contributed by atoms with Crippen molar-refractivity contribution >= 4 is 23.2 Å². The molecule has 2 unspecified atom stereocenters. The molecular formula is C13H17ClN2O2. The van der Waals surface area contributed by atoms with Crippen molar-refractivity contribution in [3.63, 3.8) is 0 Å². The summed E-state index contributed by atoms with van der Waals surface area (Å²) >= 11 is 5.87. The molecule has 1 heterocycles. The number of anilines is 1. The number of hydrogen-bond donors (Lipinski definition) is 2. The van der Waals surface area contributed by atoms with Gasteiger partial charge < -0.3 is 15.8 Å². The summed E-state index contributed by atoms with van der Waals surface area (Å²) in [6.07, 6.45) is 0.979. The van der Waals surface area contributed by atoms with Crippen LogP contribution in [0.2, 0.25) is 5.02 Å². The number of nitrogens with two attached hydrogens (primary N) is 1. The number of benzene rings is 1. The summed E-state index contributed by atoms with van der Waals surface area (Å²) in [5.74, 6) is 0.184. The molecule has 1 aliphatic heterocycles. The number of rotatable bonds is 3. The molecule has 1 fully saturated rings. The quantitative estimate of drug-likeness (QED) is 0.825. The third-order valence-electron chi connectivity index (χ3n) is 3.29. The van der Waals surface area contributed by atoms with Gasteiger partial charge in [-0.05, 0) is 31.5 Å². The van der Waals surface area contributed by atoms with Crippen LogP contribution in [-0.2, 0) is 4.74 Å². The van der Waals surface area contributed by atoms with Crippen LogP contribution in [-0.4, -0.2) is 25.2 Å². The van der Waals surface area contributed by atoms with E-state index < -0.39 is 0 Å². The number of carbonyl (C=O) groups is 1. The molecule has 0 aliphatic carbocycles. The maximum atomic E-state index is 12.1. The van der Waals surface area contributed by atoms with Crippen LogP contribution in [0.1, 0.15) is 23.7 Å². The maximum Gasteiger partial charge on any atom is 0.253 e. The summed E-state index contributed by atoms with van der Waals surface area (Å²) in [5, 5.41) is 3.45. The van der Waals surface area contributed by atoms with Gasteiger partial charge in [-0.2, -0.15) is 0 Å². The van der Waals surface area contributed by atoms with Gasteiger partial charge in [0.2, 0.25) is 0 Å². The van der Waals surface area contributed by atoms with Crippen LogP contribution in [0.3, 0.4) is 0 Å². The smallest absolute Gasteiger partial charge is 0.253 e. The molecular weight excluding hydrogens is 252 g/mol. The van der Waals surface area contributed by atoms with E-state index in [0.717, 1.165) is 13.0 Å². The summed E-state index contributed by atoms with van der Waals surface area (Å²) in [6.45, 7) is 3.45. The molecule has 1 aromatic rings. The van der Waals surface area contributed by atoms with Gasteiger partial charge in [-0.15, -0.1) is 0 Å². The zero-order chi connectivity index (χ0) is 13.1. The first kappa shape index (κ1) is 13.2. The van der Waals surface area contributed by atoms with E-state index in [1.54, 1.807) is 18.2 Å². The fraction of sp³-hybridized carbons (Fsp3) is 0.462. The lowest BCUT2D eigenvalue weighted by Crippen LogP contribution is -2.38. The van der Waals surface area contributed by atoms with E-state index in [1.807, 2.05) is 6.92 Å². The van der Waals surface area contributed by atoms with E-state index in [-0.39, 0.29) is 11.9 Å². The van der Waals surface area contributed by atoms with Gasteiger partial charge in [0.1, 0.15) is 0 Å². The molecule has 2 atom stereocenters. The van der Waals surface area contributed by atoms with Gasteiger partial charge in [-0.25, -0.2) is 0 Å². The van der Waals surface area contributed by atoms with Crippen LogP contribution < -0.4 is 11.1 Å². The van der Waals surface area contributed by atoms with Crippen molar-refractivity contribution in [3.05, 3.63) is 28.8 Å². The Labute approximate surface area is 111 Å². The number of nitrogen functional groups attached to an aromatic ring is 1. The van der Waals surface area contributed by atoms with E-state index in [0.29, 0.717) is 28.8 Å². The lowest BCUT2D eigenvalue weighted by Gasteiger charge is -2.19. The fourth-order valence-electron chi connectivity index (χ4n) is 2.07. The molecule has 0 bridgehead atoms. The number of nitrogens with one attached hydrogen (secondary N) is 1. The standard InChI is InChI=1S/C13H17ClN2O2/c1-8(9-4-5-18-7-9)16-13(17)11-6-10(14)2-3-12(11)15/h2-3,6,8-9H,4-5,7,15H2,1H3,(H,16,17). The predicted molar refractivity (Wildman–Crippen MR) is 71.7 cm³/mol. The second-order valence-corrected chi connectivity index (χ2v) is 5.05. The second kappa shape index (κ2) is 5.59. The Balaban J connectivity index is 2.04. The number of halogens is 1. The van der Waals surface area contributed by atoms with Gasteiger partial charge in [-0.1, -0.05) is 11.6 Å². The minimum absolute atomic E-state index is 0.0679. The van der Waals surface area contributed by atoms with Gasteiger partial charge in [0.05, 0.1) is 12.2 Å². The monoisotopic (exact) mass is 268 g/mol. The van der Waals surface area contributed by atoms with Gasteiger partial charge in [0.25, 0.3) is 5.91 Å². The molecule has 98 valence electrons. The van der Waals surface area contributed by atoms with Gasteiger partial charge in [-0.3, -0.25) is 4.79 Å². The number of amides is 1. The number of hydrogen-bond acceptors (Lipinski definition) is 3. The zero-order valence-electron chi connectivity index (χ0n) is 10.3. The molecule has 0 saturated carbocycles. The van der Waals surface area contributed by atoms with E-state index in [2.05, 4.69) is 5.32 Å². The minimum Gasteiger partial charge on any atom is -0.398 e. The summed E-state index contributed by atoms with van der Waals surface area (Å²) in [7, 11) is 0. The highest BCUT2D eigenvalue weighted by Gasteiger charge is 2.24. The molecule has 0 radical (unpaired) electrons. The lowest BCUT2D eigenvalue weighted by atomic mass is 10.0. The summed E-state index contributed by atoms with van der Waals surface area (Å²) in [5.41, 5.74) is 6.64. The minimum atomic E-state index is -0.186. The molecule has 2 rings (SSSR count). The zero-order valence-corrected chi connectivity index (χ0v) is 11.0. The van der Waals surface area contributed by atoms with E-state index in [9.17, 15) is 4.79 Å². The molecule has 5 heteroatoms. The van der Waals surface area contributed by atoms with E-state index in [4.69, 9.17) is 22.1 Å². The highest BCUT2D eigenvalue weighted by atomic mass is 35.5. The van der Waals surface area contributed by atoms with Crippen LogP contribution in [0.5, 0.6) is 0 Å². The lowest BCUT2D eigenvalue weighted by molar-refractivity contribution is 0.0923. The van der Waals surface area contributed by atoms with Crippen molar-refractivity contribution in [2.45, 2.75) is 19.4 Å². The molecule has 3 N–H and O–H groups in total. The van der Waals surface area contributed by atoms with Crippen molar-refractivity contribution in [3.8, 4) is 0 Å². The van der Waals surface area contributed by atoms with Crippen LogP contribution >= 0.6 is 11.6 Å². The van der Waals surface area contributed by atoms with Crippen molar-refractivity contribution in [2.24, 2.45) is 5.92 Å². The highest BCUT2D eigenvalue weighted by Crippen LogP contribution is 2.20. The Kier molecular flexibility index (Phi) is 4.09. The molecule has 0 spiro atoms. The van der Waals surface area contributed by atoms with Crippen molar-refractivity contribution < 1.29 is 9.53 Å². The summed E-state index contributed by atoms with van der Waals surface area (Å²) in [4.78, 5) is 12.1. The summed E-state index contributed by atoms with van der Waals surface area (Å²) in [6, 6.07) is 4.96. The summed E-state index contributed by atoms with van der Waals surface area (Å²) < 4.78 is 5.31. The average molecular weight is 269 g/mol. The van der Waals surface area contributed by atoms with Crippen LogP contribution in [0.25, 0.3) is 0 Å². The topological polar surface area (TPSA) is 64.4 Å². The molecule has 4 nitrogen and oxygen atoms in total. The van der Waals surface area contributed by atoms with Crippen molar-refractivity contribution in [1.29, 1.82) is 0 Å². The Bertz CT molecular complexity index is 445. The Hall–Kier alpha value is -1.26. The number of carbonyl (C=O) groups excluding carboxylic acids is 1. The SMILES string of the molecule is CC(NC(=O)c1cc(Cl)ccc1N)C1CCOC1. The highest BCUT2D eigenvalue weighted by molar-refractivity contribution is 6.31. The van der Waals surface area contributed by atoms with Crippen LogP contribution in [0.15, 0.2) is 18.2 Å². The average Bonchev–Trinajstić information content (AvgIpc) is 2.85. The fourth-order valence-corrected chi connectivity index (χ4v) is 2.25. The van der Waals surface area contributed by atoms with Crippen LogP contribution in [0, 0.1) is 5.92 Å². The largest absolute Gasteiger partial charge is 0.398 e. The molecule has 0 aromatic heterocycles. The predicted octanol–water partition coefficient (Wildman–Crippen LogP) is 2.08. The molecule has 1 saturated heterocycles. The third-order valence-corrected chi connectivity index (χ3v) is 3.53. The maximum absolute atomic E-state index is 12.1.